The molecular weight excluding hydrogens is 252 g/mol. The van der Waals surface area contributed by atoms with Gasteiger partial charge in [-0.2, -0.15) is 0 Å². The molecule has 0 bridgehead atoms. The highest BCUT2D eigenvalue weighted by Crippen LogP contribution is 2.08. The molecule has 0 aliphatic carbocycles. The fourth-order valence-electron chi connectivity index (χ4n) is 1.17. The van der Waals surface area contributed by atoms with Gasteiger partial charge in [-0.15, -0.1) is 0 Å². The maximum Gasteiger partial charge on any atom is 0.345 e. The summed E-state index contributed by atoms with van der Waals surface area (Å²) in [4.78, 5) is 23.4. The van der Waals surface area contributed by atoms with Crippen LogP contribution in [0.4, 0.5) is 0 Å². The molecule has 0 aliphatic heterocycles. The van der Waals surface area contributed by atoms with E-state index >= 15 is 0 Å². The first-order valence-corrected chi connectivity index (χ1v) is 6.30. The predicted octanol–water partition coefficient (Wildman–Crippen LogP) is 0.420. The number of aliphatic hydroxyl groups excluding tert-OH is 2. The van der Waals surface area contributed by atoms with Crippen LogP contribution >= 0.6 is 0 Å². The second-order valence-corrected chi connectivity index (χ2v) is 4.25. The molecule has 0 saturated carbocycles. The Hall–Kier alpha value is -1.40. The van der Waals surface area contributed by atoms with Crippen molar-refractivity contribution in [1.82, 2.24) is 0 Å². The average Bonchev–Trinajstić information content (AvgIpc) is 2.36. The van der Waals surface area contributed by atoms with E-state index < -0.39 is 11.9 Å². The summed E-state index contributed by atoms with van der Waals surface area (Å²) in [5, 5.41) is 17.2. The van der Waals surface area contributed by atoms with Gasteiger partial charge in [-0.05, 0) is 5.92 Å². The molecule has 0 amide bonds. The third-order valence-electron chi connectivity index (χ3n) is 2.01. The average molecular weight is 274 g/mol. The number of hydrogen-bond donors (Lipinski definition) is 2. The second-order valence-electron chi connectivity index (χ2n) is 4.25. The topological polar surface area (TPSA) is 93.1 Å². The van der Waals surface area contributed by atoms with Crippen molar-refractivity contribution in [3.05, 3.63) is 11.6 Å². The third-order valence-corrected chi connectivity index (χ3v) is 2.01. The lowest BCUT2D eigenvalue weighted by Gasteiger charge is -2.09. The summed E-state index contributed by atoms with van der Waals surface area (Å²) in [6, 6.07) is 0. The van der Waals surface area contributed by atoms with Crippen LogP contribution in [-0.2, 0) is 19.1 Å². The zero-order chi connectivity index (χ0) is 14.7. The van der Waals surface area contributed by atoms with E-state index in [9.17, 15) is 9.59 Å². The van der Waals surface area contributed by atoms with Crippen LogP contribution in [0.3, 0.4) is 0 Å². The Kier molecular flexibility index (Phi) is 9.74. The number of ether oxygens (including phenoxy) is 2. The lowest BCUT2D eigenvalue weighted by molar-refractivity contribution is -0.147. The van der Waals surface area contributed by atoms with Crippen molar-refractivity contribution < 1.29 is 29.3 Å². The number of esters is 2. The van der Waals surface area contributed by atoms with Gasteiger partial charge in [-0.3, -0.25) is 0 Å². The summed E-state index contributed by atoms with van der Waals surface area (Å²) in [5.74, 6) is -1.52. The van der Waals surface area contributed by atoms with Crippen molar-refractivity contribution >= 4 is 11.9 Å². The molecule has 6 nitrogen and oxygen atoms in total. The molecule has 19 heavy (non-hydrogen) atoms. The van der Waals surface area contributed by atoms with E-state index in [1.807, 2.05) is 13.8 Å². The summed E-state index contributed by atoms with van der Waals surface area (Å²) < 4.78 is 9.71. The summed E-state index contributed by atoms with van der Waals surface area (Å²) in [6.07, 6.45) is 2.11. The highest BCUT2D eigenvalue weighted by atomic mass is 16.6. The van der Waals surface area contributed by atoms with Crippen LogP contribution in [0.1, 0.15) is 26.7 Å². The van der Waals surface area contributed by atoms with Crippen molar-refractivity contribution in [2.75, 3.05) is 26.4 Å². The normalized spacial score (nSPS) is 10.2. The molecule has 0 rings (SSSR count). The minimum absolute atomic E-state index is 0.00853. The highest BCUT2D eigenvalue weighted by molar-refractivity contribution is 6.14. The number of hydrogen-bond acceptors (Lipinski definition) is 6. The number of allylic oxidation sites excluding steroid dienone is 1. The molecule has 0 atom stereocenters. The molecule has 110 valence electrons. The lowest BCUT2D eigenvalue weighted by atomic mass is 10.1. The summed E-state index contributed by atoms with van der Waals surface area (Å²) >= 11 is 0. The summed E-state index contributed by atoms with van der Waals surface area (Å²) in [7, 11) is 0. The number of aliphatic hydroxyl groups is 2. The monoisotopic (exact) mass is 274 g/mol. The molecule has 0 aromatic rings. The van der Waals surface area contributed by atoms with Gasteiger partial charge in [0.15, 0.2) is 0 Å². The molecule has 0 saturated heterocycles. The Bertz CT molecular complexity index is 284. The molecular formula is C13H22O6. The van der Waals surface area contributed by atoms with Gasteiger partial charge in [-0.1, -0.05) is 19.9 Å². The van der Waals surface area contributed by atoms with Gasteiger partial charge in [0.05, 0.1) is 13.2 Å². The first kappa shape index (κ1) is 17.6. The van der Waals surface area contributed by atoms with Crippen LogP contribution < -0.4 is 0 Å². The Balaban J connectivity index is 4.53. The number of carbonyl (C=O) groups excluding carboxylic acids is 2. The molecule has 0 spiro atoms. The van der Waals surface area contributed by atoms with E-state index in [0.29, 0.717) is 12.8 Å². The molecule has 0 heterocycles. The van der Waals surface area contributed by atoms with E-state index in [0.717, 1.165) is 0 Å². The lowest BCUT2D eigenvalue weighted by Crippen LogP contribution is -2.20. The van der Waals surface area contributed by atoms with E-state index in [-0.39, 0.29) is 37.9 Å². The van der Waals surface area contributed by atoms with Crippen molar-refractivity contribution in [2.24, 2.45) is 5.92 Å². The molecule has 6 heteroatoms. The van der Waals surface area contributed by atoms with Gasteiger partial charge in [0, 0.05) is 26.1 Å². The van der Waals surface area contributed by atoms with Gasteiger partial charge < -0.3 is 19.7 Å². The van der Waals surface area contributed by atoms with Crippen LogP contribution in [0.5, 0.6) is 0 Å². The fourth-order valence-corrected chi connectivity index (χ4v) is 1.17. The largest absolute Gasteiger partial charge is 0.462 e. The first-order valence-electron chi connectivity index (χ1n) is 6.30. The van der Waals surface area contributed by atoms with Gasteiger partial charge in [0.2, 0.25) is 0 Å². The third kappa shape index (κ3) is 8.34. The van der Waals surface area contributed by atoms with Gasteiger partial charge in [0.1, 0.15) is 5.57 Å². The standard InChI is InChI=1S/C13H22O6/c1-10(2)9-11(12(16)18-7-3-5-14)13(17)19-8-4-6-15/h9-10,14-15H,3-8H2,1-2H3. The van der Waals surface area contributed by atoms with E-state index in [4.69, 9.17) is 19.7 Å². The maximum absolute atomic E-state index is 11.7. The van der Waals surface area contributed by atoms with Gasteiger partial charge in [0.25, 0.3) is 0 Å². The minimum atomic E-state index is -0.754. The molecule has 0 aliphatic rings. The maximum atomic E-state index is 11.7. The van der Waals surface area contributed by atoms with Crippen molar-refractivity contribution in [2.45, 2.75) is 26.7 Å². The Morgan fingerprint density at radius 1 is 1.00 bits per heavy atom. The van der Waals surface area contributed by atoms with Crippen LogP contribution in [0, 0.1) is 5.92 Å². The molecule has 0 aromatic carbocycles. The Morgan fingerprint density at radius 3 is 1.74 bits per heavy atom. The second kappa shape index (κ2) is 10.5. The van der Waals surface area contributed by atoms with Crippen LogP contribution in [0.2, 0.25) is 0 Å². The predicted molar refractivity (Wildman–Crippen MR) is 68.2 cm³/mol. The van der Waals surface area contributed by atoms with Crippen LogP contribution in [0.15, 0.2) is 11.6 Å². The quantitative estimate of drug-likeness (QED) is 0.208. The van der Waals surface area contributed by atoms with Crippen LogP contribution in [0.25, 0.3) is 0 Å². The molecule has 0 radical (unpaired) electrons. The molecule has 0 aromatic heterocycles. The summed E-state index contributed by atoms with van der Waals surface area (Å²) in [6.45, 7) is 3.57. The SMILES string of the molecule is CC(C)C=C(C(=O)OCCCO)C(=O)OCCCO. The van der Waals surface area contributed by atoms with Crippen molar-refractivity contribution in [1.29, 1.82) is 0 Å². The van der Waals surface area contributed by atoms with E-state index in [1.54, 1.807) is 0 Å². The highest BCUT2D eigenvalue weighted by Gasteiger charge is 2.21. The smallest absolute Gasteiger partial charge is 0.345 e. The van der Waals surface area contributed by atoms with Gasteiger partial charge in [-0.25, -0.2) is 9.59 Å². The Morgan fingerprint density at radius 2 is 1.42 bits per heavy atom. The van der Waals surface area contributed by atoms with E-state index in [2.05, 4.69) is 0 Å². The molecule has 2 N–H and O–H groups in total. The van der Waals surface area contributed by atoms with Crippen molar-refractivity contribution in [3.63, 3.8) is 0 Å². The van der Waals surface area contributed by atoms with Gasteiger partial charge >= 0.3 is 11.9 Å². The number of carbonyl (C=O) groups is 2. The van der Waals surface area contributed by atoms with Crippen LogP contribution in [-0.4, -0.2) is 48.6 Å². The Labute approximate surface area is 113 Å². The molecule has 0 fully saturated rings. The fraction of sp³-hybridized carbons (Fsp3) is 0.692. The zero-order valence-corrected chi connectivity index (χ0v) is 11.4. The zero-order valence-electron chi connectivity index (χ0n) is 11.4. The van der Waals surface area contributed by atoms with Crippen molar-refractivity contribution in [3.8, 4) is 0 Å². The first-order chi connectivity index (χ1) is 9.02. The number of rotatable bonds is 9. The molecule has 0 unspecified atom stereocenters. The van der Waals surface area contributed by atoms with E-state index in [1.165, 1.54) is 6.08 Å². The minimum Gasteiger partial charge on any atom is -0.462 e. The summed E-state index contributed by atoms with van der Waals surface area (Å²) in [5.41, 5.74) is -0.147.